The van der Waals surface area contributed by atoms with Gasteiger partial charge in [-0.15, -0.1) is 0 Å². The molecular formula is C48H54F2N10O7. The maximum Gasteiger partial charge on any atom is 0.264 e. The molecule has 3 aliphatic heterocycles. The highest BCUT2D eigenvalue weighted by Gasteiger charge is 2.43. The fraction of sp³-hybridized carbons (Fsp3) is 0.354. The van der Waals surface area contributed by atoms with E-state index < -0.39 is 41.3 Å². The summed E-state index contributed by atoms with van der Waals surface area (Å²) >= 11 is 0. The molecular weight excluding hydrogens is 867 g/mol. The van der Waals surface area contributed by atoms with Gasteiger partial charge in [0.25, 0.3) is 17.7 Å². The van der Waals surface area contributed by atoms with E-state index in [1.54, 1.807) is 36.4 Å². The van der Waals surface area contributed by atoms with Crippen molar-refractivity contribution in [3.05, 3.63) is 118 Å². The van der Waals surface area contributed by atoms with Gasteiger partial charge in [0.1, 0.15) is 29.8 Å². The summed E-state index contributed by atoms with van der Waals surface area (Å²) in [4.78, 5) is 81.3. The van der Waals surface area contributed by atoms with Gasteiger partial charge in [0.15, 0.2) is 0 Å². The van der Waals surface area contributed by atoms with Crippen LogP contribution in [0, 0.1) is 17.0 Å². The average Bonchev–Trinajstić information content (AvgIpc) is 3.55. The fourth-order valence-corrected chi connectivity index (χ4v) is 8.56. The van der Waals surface area contributed by atoms with Gasteiger partial charge in [-0.3, -0.25) is 39.2 Å². The highest BCUT2D eigenvalue weighted by Crippen LogP contribution is 2.32. The van der Waals surface area contributed by atoms with Crippen LogP contribution in [0.15, 0.2) is 72.8 Å². The summed E-state index contributed by atoms with van der Waals surface area (Å²) in [5.74, 6) is -4.45. The lowest BCUT2D eigenvalue weighted by Crippen LogP contribution is -2.49. The van der Waals surface area contributed by atoms with Crippen LogP contribution in [-0.2, 0) is 25.5 Å². The number of halogens is 2. The van der Waals surface area contributed by atoms with Crippen molar-refractivity contribution in [1.82, 2.24) is 20.4 Å². The monoisotopic (exact) mass is 920 g/mol. The zero-order valence-electron chi connectivity index (χ0n) is 36.9. The standard InChI is InChI=1S/C48H54F2N10O7/c49-31-23-30(24-32(50)26-31)22-29-7-10-38(51)37(25-29)44(52)57-46(64)35-9-8-34(27-40(35)56-33-11-20-67-21-12-33)59-17-15-58(16-18-59)28-42(62)55-14-3-13-54-39-5-1-4-36-43(39)48(66)60(47(36)65)41(45(53)63)6-2-19-61/h1,4-5,7-10,19,23-27,33,41,54,56H,2-3,6,11-18,20-22,28,51H2,(H2,53,63)(H,55,62)(H2,52,57,64). The second-order valence-corrected chi connectivity index (χ2v) is 16.7. The molecule has 0 aromatic heterocycles. The Morgan fingerprint density at radius 3 is 2.33 bits per heavy atom. The summed E-state index contributed by atoms with van der Waals surface area (Å²) in [7, 11) is 0. The number of nitrogens with one attached hydrogen (secondary N) is 5. The predicted octanol–water partition coefficient (Wildman–Crippen LogP) is 3.65. The Kier molecular flexibility index (Phi) is 15.5. The van der Waals surface area contributed by atoms with E-state index in [2.05, 4.69) is 31.1 Å². The number of nitrogens with zero attached hydrogens (tertiary/aromatic N) is 3. The van der Waals surface area contributed by atoms with Crippen molar-refractivity contribution in [3.8, 4) is 0 Å². The number of fused-ring (bicyclic) bond motifs is 1. The molecule has 0 radical (unpaired) electrons. The molecule has 1 unspecified atom stereocenters. The first kappa shape index (κ1) is 47.7. The van der Waals surface area contributed by atoms with Crippen molar-refractivity contribution < 1.29 is 42.3 Å². The predicted molar refractivity (Wildman–Crippen MR) is 248 cm³/mol. The lowest BCUT2D eigenvalue weighted by Gasteiger charge is -2.36. The summed E-state index contributed by atoms with van der Waals surface area (Å²) in [6.07, 6.45) is 2.70. The number of primary amides is 1. The molecule has 2 fully saturated rings. The quantitative estimate of drug-likeness (QED) is 0.0178. The molecule has 7 rings (SSSR count). The Hall–Kier alpha value is -7.25. The van der Waals surface area contributed by atoms with Gasteiger partial charge in [-0.2, -0.15) is 0 Å². The van der Waals surface area contributed by atoms with E-state index in [1.165, 1.54) is 18.2 Å². The van der Waals surface area contributed by atoms with Crippen molar-refractivity contribution in [2.75, 3.05) is 80.3 Å². The molecule has 4 aromatic carbocycles. The van der Waals surface area contributed by atoms with Gasteiger partial charge in [0.05, 0.1) is 23.2 Å². The minimum absolute atomic E-state index is 0.0383. The van der Waals surface area contributed by atoms with Gasteiger partial charge in [0, 0.05) is 99.3 Å². The first-order valence-electron chi connectivity index (χ1n) is 22.2. The number of benzene rings is 4. The number of carbonyl (C=O) groups excluding carboxylic acids is 6. The number of aldehydes is 1. The topological polar surface area (TPSA) is 245 Å². The van der Waals surface area contributed by atoms with Crippen molar-refractivity contribution in [2.45, 2.75) is 50.6 Å². The lowest BCUT2D eigenvalue weighted by atomic mass is 10.0. The molecule has 1 atom stereocenters. The van der Waals surface area contributed by atoms with Crippen LogP contribution in [-0.4, -0.2) is 123 Å². The number of hydrogen-bond donors (Lipinski definition) is 7. The van der Waals surface area contributed by atoms with Crippen molar-refractivity contribution in [1.29, 1.82) is 5.41 Å². The van der Waals surface area contributed by atoms with Crippen LogP contribution in [0.2, 0.25) is 0 Å². The number of nitrogen functional groups attached to an aromatic ring is 1. The van der Waals surface area contributed by atoms with Crippen LogP contribution < -0.4 is 37.6 Å². The average molecular weight is 921 g/mol. The minimum atomic E-state index is -1.24. The molecule has 4 aromatic rings. The SMILES string of the molecule is N=C(NC(=O)c1ccc(N2CCN(CC(=O)NCCCNc3cccc4c3C(=O)N(C(CCC=O)C(N)=O)C4=O)CC2)cc1NC1CCOCC1)c1cc(Cc2cc(F)cc(F)c2)ccc1N. The Bertz CT molecular complexity index is 2520. The highest BCUT2D eigenvalue weighted by atomic mass is 19.1. The summed E-state index contributed by atoms with van der Waals surface area (Å²) in [6, 6.07) is 17.3. The largest absolute Gasteiger partial charge is 0.398 e. The third kappa shape index (κ3) is 11.8. The molecule has 2 saturated heterocycles. The van der Waals surface area contributed by atoms with Gasteiger partial charge in [-0.05, 0) is 97.8 Å². The van der Waals surface area contributed by atoms with E-state index in [-0.39, 0.29) is 66.0 Å². The number of amidine groups is 1. The van der Waals surface area contributed by atoms with Crippen LogP contribution in [0.1, 0.15) is 79.9 Å². The van der Waals surface area contributed by atoms with E-state index in [1.807, 2.05) is 12.1 Å². The number of rotatable bonds is 19. The van der Waals surface area contributed by atoms with E-state index in [0.29, 0.717) is 93.3 Å². The van der Waals surface area contributed by atoms with Gasteiger partial charge in [0.2, 0.25) is 11.8 Å². The van der Waals surface area contributed by atoms with E-state index >= 15 is 0 Å². The van der Waals surface area contributed by atoms with Crippen molar-refractivity contribution >= 4 is 64.4 Å². The minimum Gasteiger partial charge on any atom is -0.398 e. The Morgan fingerprint density at radius 2 is 1.61 bits per heavy atom. The van der Waals surface area contributed by atoms with Gasteiger partial charge in [-0.25, -0.2) is 8.78 Å². The second-order valence-electron chi connectivity index (χ2n) is 16.7. The molecule has 19 heteroatoms. The number of anilines is 4. The Labute approximate surface area is 386 Å². The first-order chi connectivity index (χ1) is 32.3. The van der Waals surface area contributed by atoms with Crippen molar-refractivity contribution in [3.63, 3.8) is 0 Å². The van der Waals surface area contributed by atoms with Crippen LogP contribution in [0.5, 0.6) is 0 Å². The highest BCUT2D eigenvalue weighted by molar-refractivity contribution is 6.25. The Balaban J connectivity index is 0.905. The van der Waals surface area contributed by atoms with Gasteiger partial charge < -0.3 is 47.2 Å². The number of ether oxygens (including phenoxy) is 1. The number of amides is 5. The zero-order valence-corrected chi connectivity index (χ0v) is 36.9. The molecule has 9 N–H and O–H groups in total. The molecule has 0 bridgehead atoms. The van der Waals surface area contributed by atoms with Crippen molar-refractivity contribution in [2.24, 2.45) is 5.73 Å². The van der Waals surface area contributed by atoms with E-state index in [9.17, 15) is 37.5 Å². The second kappa shape index (κ2) is 21.8. The summed E-state index contributed by atoms with van der Waals surface area (Å²) < 4.78 is 33.3. The third-order valence-corrected chi connectivity index (χ3v) is 12.0. The van der Waals surface area contributed by atoms with E-state index in [0.717, 1.165) is 29.5 Å². The van der Waals surface area contributed by atoms with Gasteiger partial charge >= 0.3 is 0 Å². The van der Waals surface area contributed by atoms with Crippen LogP contribution in [0.3, 0.4) is 0 Å². The molecule has 3 aliphatic rings. The third-order valence-electron chi connectivity index (χ3n) is 12.0. The van der Waals surface area contributed by atoms with Crippen LogP contribution in [0.25, 0.3) is 0 Å². The summed E-state index contributed by atoms with van der Waals surface area (Å²) in [6.45, 7) is 4.57. The molecule has 5 amide bonds. The number of piperazine rings is 1. The first-order valence-corrected chi connectivity index (χ1v) is 22.2. The molecule has 0 spiro atoms. The maximum absolute atomic E-state index is 13.9. The molecule has 352 valence electrons. The zero-order chi connectivity index (χ0) is 47.6. The van der Waals surface area contributed by atoms with Crippen LogP contribution >= 0.6 is 0 Å². The molecule has 3 heterocycles. The smallest absolute Gasteiger partial charge is 0.264 e. The maximum atomic E-state index is 13.9. The summed E-state index contributed by atoms with van der Waals surface area (Å²) in [5, 5.41) is 21.1. The summed E-state index contributed by atoms with van der Waals surface area (Å²) in [5.41, 5.74) is 15.8. The van der Waals surface area contributed by atoms with E-state index in [4.69, 9.17) is 21.6 Å². The van der Waals surface area contributed by atoms with Gasteiger partial charge in [-0.1, -0.05) is 12.1 Å². The molecule has 67 heavy (non-hydrogen) atoms. The fourth-order valence-electron chi connectivity index (χ4n) is 8.56. The lowest BCUT2D eigenvalue weighted by molar-refractivity contribution is -0.123. The molecule has 17 nitrogen and oxygen atoms in total. The molecule has 0 saturated carbocycles. The number of hydrogen-bond acceptors (Lipinski definition) is 13. The number of carbonyl (C=O) groups is 6. The molecule has 0 aliphatic carbocycles. The Morgan fingerprint density at radius 1 is 0.866 bits per heavy atom. The normalized spacial score (nSPS) is 15.7. The number of imide groups is 1. The number of nitrogens with two attached hydrogens (primary N) is 2. The van der Waals surface area contributed by atoms with Crippen LogP contribution in [0.4, 0.5) is 31.5 Å².